The normalized spacial score (nSPS) is 9.67. The molecule has 0 atom stereocenters. The van der Waals surface area contributed by atoms with Gasteiger partial charge in [-0.05, 0) is 23.3 Å². The summed E-state index contributed by atoms with van der Waals surface area (Å²) in [4.78, 5) is 11.1. The van der Waals surface area contributed by atoms with E-state index in [1.165, 1.54) is 6.07 Å². The van der Waals surface area contributed by atoms with E-state index in [9.17, 15) is 4.79 Å². The lowest BCUT2D eigenvalue weighted by Gasteiger charge is -2.07. The average Bonchev–Trinajstić information content (AvgIpc) is 2.19. The largest absolute Gasteiger partial charge is 0.481 e. The Morgan fingerprint density at radius 1 is 1.53 bits per heavy atom. The smallest absolute Gasteiger partial charge is 0.307 e. The van der Waals surface area contributed by atoms with Crippen LogP contribution in [0.2, 0.25) is 0 Å². The zero-order valence-electron chi connectivity index (χ0n) is 7.70. The summed E-state index contributed by atoms with van der Waals surface area (Å²) in [5.41, 5.74) is 1.62. The minimum atomic E-state index is -0.947. The number of alkyl halides is 1. The molecular weight excluding hydrogens is 234 g/mol. The zero-order chi connectivity index (χ0) is 11.4. The molecule has 0 radical (unpaired) electrons. The first kappa shape index (κ1) is 11.9. The Morgan fingerprint density at radius 3 is 2.67 bits per heavy atom. The van der Waals surface area contributed by atoms with Crippen molar-refractivity contribution in [2.45, 2.75) is 17.2 Å². The van der Waals surface area contributed by atoms with Crippen LogP contribution in [0.25, 0.3) is 0 Å². The molecule has 1 N–H and O–H groups in total. The van der Waals surface area contributed by atoms with Gasteiger partial charge in [0.25, 0.3) is 0 Å². The van der Waals surface area contributed by atoms with E-state index in [0.717, 1.165) is 0 Å². The second-order valence-corrected chi connectivity index (χ2v) is 3.70. The van der Waals surface area contributed by atoms with Crippen LogP contribution in [0.5, 0.6) is 0 Å². The van der Waals surface area contributed by atoms with Crippen molar-refractivity contribution in [2.24, 2.45) is 0 Å². The van der Waals surface area contributed by atoms with Crippen LogP contribution in [-0.4, -0.2) is 11.1 Å². The monoisotopic (exact) mass is 241 g/mol. The molecule has 1 rings (SSSR count). The summed E-state index contributed by atoms with van der Waals surface area (Å²) < 4.78 is 0. The van der Waals surface area contributed by atoms with Crippen LogP contribution in [-0.2, 0) is 17.1 Å². The molecule has 0 aliphatic carbocycles. The number of hydrogen-bond donors (Lipinski definition) is 2. The Hall–Kier alpha value is -1.18. The first-order valence-electron chi connectivity index (χ1n) is 4.11. The van der Waals surface area contributed by atoms with Crippen LogP contribution < -0.4 is 0 Å². The van der Waals surface area contributed by atoms with Gasteiger partial charge >= 0.3 is 5.97 Å². The van der Waals surface area contributed by atoms with Crippen LogP contribution in [0.3, 0.4) is 0 Å². The fraction of sp³-hybridized carbons (Fsp3) is 0.200. The van der Waals surface area contributed by atoms with Crippen molar-refractivity contribution in [3.05, 3.63) is 28.8 Å². The maximum Gasteiger partial charge on any atom is 0.307 e. The van der Waals surface area contributed by atoms with E-state index in [0.29, 0.717) is 21.6 Å². The van der Waals surface area contributed by atoms with Crippen molar-refractivity contribution < 1.29 is 9.90 Å². The number of carboxylic acid groups (broad SMARTS) is 1. The number of thiol groups is 1. The Bertz CT molecular complexity index is 440. The molecule has 0 saturated heterocycles. The van der Waals surface area contributed by atoms with Gasteiger partial charge in [0.15, 0.2) is 0 Å². The van der Waals surface area contributed by atoms with E-state index in [-0.39, 0.29) is 12.3 Å². The number of benzene rings is 1. The van der Waals surface area contributed by atoms with Crippen LogP contribution in [0.1, 0.15) is 16.7 Å². The third-order valence-electron chi connectivity index (χ3n) is 1.92. The molecule has 0 amide bonds. The highest BCUT2D eigenvalue weighted by molar-refractivity contribution is 7.80. The summed E-state index contributed by atoms with van der Waals surface area (Å²) in [5.74, 6) is -0.737. The Labute approximate surface area is 97.7 Å². The lowest BCUT2D eigenvalue weighted by atomic mass is 10.0. The van der Waals surface area contributed by atoms with Gasteiger partial charge < -0.3 is 5.11 Å². The molecule has 0 spiro atoms. The number of aliphatic carboxylic acids is 1. The van der Waals surface area contributed by atoms with Crippen molar-refractivity contribution in [3.8, 4) is 6.07 Å². The fourth-order valence-electron chi connectivity index (χ4n) is 1.22. The number of hydrogen-bond acceptors (Lipinski definition) is 3. The SMILES string of the molecule is N#Cc1cc(CC(=O)O)c(CCl)cc1S. The van der Waals surface area contributed by atoms with Crippen LogP contribution in [0.15, 0.2) is 17.0 Å². The van der Waals surface area contributed by atoms with Crippen molar-refractivity contribution in [3.63, 3.8) is 0 Å². The summed E-state index contributed by atoms with van der Waals surface area (Å²) >= 11 is 9.78. The van der Waals surface area contributed by atoms with Crippen molar-refractivity contribution in [1.29, 1.82) is 5.26 Å². The minimum Gasteiger partial charge on any atom is -0.481 e. The third kappa shape index (κ3) is 2.88. The molecule has 15 heavy (non-hydrogen) atoms. The summed E-state index contributed by atoms with van der Waals surface area (Å²) in [6, 6.07) is 5.10. The second kappa shape index (κ2) is 5.06. The van der Waals surface area contributed by atoms with Gasteiger partial charge in [-0.2, -0.15) is 5.26 Å². The van der Waals surface area contributed by atoms with Crippen molar-refractivity contribution >= 4 is 30.2 Å². The molecule has 1 aromatic carbocycles. The van der Waals surface area contributed by atoms with Gasteiger partial charge in [0.1, 0.15) is 6.07 Å². The standard InChI is InChI=1S/C10H8ClNO2S/c11-4-7-2-9(15)8(5-12)1-6(7)3-10(13)14/h1-2,15H,3-4H2,(H,13,14). The van der Waals surface area contributed by atoms with E-state index in [4.69, 9.17) is 22.0 Å². The molecule has 0 saturated carbocycles. The minimum absolute atomic E-state index is 0.134. The van der Waals surface area contributed by atoms with E-state index in [1.54, 1.807) is 6.07 Å². The number of nitriles is 1. The first-order chi connectivity index (χ1) is 7.08. The van der Waals surface area contributed by atoms with Gasteiger partial charge in [-0.15, -0.1) is 24.2 Å². The molecule has 0 heterocycles. The zero-order valence-corrected chi connectivity index (χ0v) is 9.35. The van der Waals surface area contributed by atoms with Gasteiger partial charge in [0.05, 0.1) is 12.0 Å². The number of carboxylic acids is 1. The summed E-state index contributed by atoms with van der Waals surface area (Å²) in [7, 11) is 0. The third-order valence-corrected chi connectivity index (χ3v) is 2.58. The molecule has 0 aliphatic heterocycles. The molecule has 0 bridgehead atoms. The highest BCUT2D eigenvalue weighted by Gasteiger charge is 2.10. The molecule has 0 unspecified atom stereocenters. The number of rotatable bonds is 3. The highest BCUT2D eigenvalue weighted by atomic mass is 35.5. The van der Waals surface area contributed by atoms with Crippen LogP contribution >= 0.6 is 24.2 Å². The van der Waals surface area contributed by atoms with Gasteiger partial charge in [0, 0.05) is 10.8 Å². The lowest BCUT2D eigenvalue weighted by Crippen LogP contribution is -2.03. The molecule has 0 aliphatic rings. The average molecular weight is 242 g/mol. The van der Waals surface area contributed by atoms with E-state index >= 15 is 0 Å². The van der Waals surface area contributed by atoms with Gasteiger partial charge in [0.2, 0.25) is 0 Å². The number of nitrogens with zero attached hydrogens (tertiary/aromatic N) is 1. The van der Waals surface area contributed by atoms with Crippen LogP contribution in [0, 0.1) is 11.3 Å². The Balaban J connectivity index is 3.23. The first-order valence-corrected chi connectivity index (χ1v) is 5.09. The predicted octanol–water partition coefficient (Wildman–Crippen LogP) is 2.21. The van der Waals surface area contributed by atoms with Crippen LogP contribution in [0.4, 0.5) is 0 Å². The molecule has 0 aromatic heterocycles. The Kier molecular flexibility index (Phi) is 4.01. The second-order valence-electron chi connectivity index (χ2n) is 2.95. The van der Waals surface area contributed by atoms with Crippen molar-refractivity contribution in [1.82, 2.24) is 0 Å². The molecule has 3 nitrogen and oxygen atoms in total. The lowest BCUT2D eigenvalue weighted by molar-refractivity contribution is -0.136. The topological polar surface area (TPSA) is 61.1 Å². The van der Waals surface area contributed by atoms with E-state index < -0.39 is 5.97 Å². The van der Waals surface area contributed by atoms with Gasteiger partial charge in [-0.3, -0.25) is 4.79 Å². The molecule has 0 fully saturated rings. The summed E-state index contributed by atoms with van der Waals surface area (Å²) in [6.07, 6.45) is -0.134. The number of carbonyl (C=O) groups is 1. The summed E-state index contributed by atoms with van der Waals surface area (Å²) in [5, 5.41) is 17.4. The molecule has 1 aromatic rings. The fourth-order valence-corrected chi connectivity index (χ4v) is 1.74. The number of halogens is 1. The molecular formula is C10H8ClNO2S. The van der Waals surface area contributed by atoms with Gasteiger partial charge in [-0.25, -0.2) is 0 Å². The highest BCUT2D eigenvalue weighted by Crippen LogP contribution is 2.21. The van der Waals surface area contributed by atoms with Crippen molar-refractivity contribution in [2.75, 3.05) is 0 Å². The molecule has 78 valence electrons. The van der Waals surface area contributed by atoms with E-state index in [1.807, 2.05) is 6.07 Å². The quantitative estimate of drug-likeness (QED) is 0.630. The summed E-state index contributed by atoms with van der Waals surface area (Å²) in [6.45, 7) is 0. The predicted molar refractivity (Wildman–Crippen MR) is 59.3 cm³/mol. The van der Waals surface area contributed by atoms with E-state index in [2.05, 4.69) is 12.6 Å². The van der Waals surface area contributed by atoms with Gasteiger partial charge in [-0.1, -0.05) is 0 Å². The Morgan fingerprint density at radius 2 is 2.20 bits per heavy atom. The maximum absolute atomic E-state index is 10.6. The molecule has 5 heteroatoms. The maximum atomic E-state index is 10.6.